The van der Waals surface area contributed by atoms with Crippen LogP contribution in [0.15, 0.2) is 53.7 Å². The van der Waals surface area contributed by atoms with E-state index < -0.39 is 0 Å². The summed E-state index contributed by atoms with van der Waals surface area (Å²) in [6.45, 7) is 3.85. The summed E-state index contributed by atoms with van der Waals surface area (Å²) in [5, 5.41) is 9.70. The van der Waals surface area contributed by atoms with Gasteiger partial charge < -0.3 is 18.9 Å². The fourth-order valence-corrected chi connectivity index (χ4v) is 4.61. The number of thioether (sulfide) groups is 1. The number of benzene rings is 2. The molecular formula is C25H30N4O3S. The number of carbonyl (C=O) groups excluding carboxylic acids is 1. The van der Waals surface area contributed by atoms with Gasteiger partial charge in [-0.25, -0.2) is 0 Å². The fourth-order valence-electron chi connectivity index (χ4n) is 3.76. The summed E-state index contributed by atoms with van der Waals surface area (Å²) in [4.78, 5) is 14.9. The van der Waals surface area contributed by atoms with Gasteiger partial charge in [0.1, 0.15) is 5.82 Å². The van der Waals surface area contributed by atoms with E-state index in [1.807, 2.05) is 48.2 Å². The monoisotopic (exact) mass is 466 g/mol. The number of ether oxygens (including phenoxy) is 2. The highest BCUT2D eigenvalue weighted by Gasteiger charge is 2.30. The van der Waals surface area contributed by atoms with Crippen LogP contribution in [0, 0.1) is 0 Å². The van der Waals surface area contributed by atoms with E-state index in [9.17, 15) is 4.79 Å². The SMILES string of the molecule is CCN(Cc1ccc(OC)c(OC)c1)C(=O)CSc1nnc(C2CC2)n1Cc1ccccc1. The summed E-state index contributed by atoms with van der Waals surface area (Å²) in [5.41, 5.74) is 2.20. The molecule has 0 saturated heterocycles. The molecule has 1 aromatic heterocycles. The van der Waals surface area contributed by atoms with Gasteiger partial charge in [-0.15, -0.1) is 10.2 Å². The Labute approximate surface area is 199 Å². The Kier molecular flexibility index (Phi) is 7.54. The molecular weight excluding hydrogens is 436 g/mol. The van der Waals surface area contributed by atoms with E-state index in [1.165, 1.54) is 17.3 Å². The zero-order valence-electron chi connectivity index (χ0n) is 19.4. The van der Waals surface area contributed by atoms with Gasteiger partial charge in [0.2, 0.25) is 5.91 Å². The molecule has 1 aliphatic rings. The van der Waals surface area contributed by atoms with E-state index in [-0.39, 0.29) is 5.91 Å². The Morgan fingerprint density at radius 3 is 2.48 bits per heavy atom. The first-order valence-electron chi connectivity index (χ1n) is 11.2. The molecule has 174 valence electrons. The van der Waals surface area contributed by atoms with Gasteiger partial charge in [-0.1, -0.05) is 48.2 Å². The molecule has 1 amide bonds. The second-order valence-corrected chi connectivity index (χ2v) is 9.02. The second kappa shape index (κ2) is 10.7. The first kappa shape index (κ1) is 23.2. The average Bonchev–Trinajstić information content (AvgIpc) is 3.62. The molecule has 0 spiro atoms. The van der Waals surface area contributed by atoms with E-state index >= 15 is 0 Å². The van der Waals surface area contributed by atoms with Crippen molar-refractivity contribution in [2.45, 2.75) is 43.9 Å². The zero-order valence-corrected chi connectivity index (χ0v) is 20.2. The molecule has 7 nitrogen and oxygen atoms in total. The maximum absolute atomic E-state index is 13.0. The lowest BCUT2D eigenvalue weighted by molar-refractivity contribution is -0.128. The standard InChI is InChI=1S/C25H30N4O3S/c1-4-28(15-19-10-13-21(31-2)22(14-19)32-3)23(30)17-33-25-27-26-24(20-11-12-20)29(25)16-18-8-6-5-7-9-18/h5-10,13-14,20H,4,11-12,15-17H2,1-3H3. The Bertz CT molecular complexity index is 1080. The Balaban J connectivity index is 1.43. The van der Waals surface area contributed by atoms with Gasteiger partial charge in [0.25, 0.3) is 0 Å². The van der Waals surface area contributed by atoms with Crippen molar-refractivity contribution in [1.29, 1.82) is 0 Å². The smallest absolute Gasteiger partial charge is 0.233 e. The highest BCUT2D eigenvalue weighted by molar-refractivity contribution is 7.99. The Hall–Kier alpha value is -3.00. The summed E-state index contributed by atoms with van der Waals surface area (Å²) in [6.07, 6.45) is 2.32. The summed E-state index contributed by atoms with van der Waals surface area (Å²) in [7, 11) is 3.23. The summed E-state index contributed by atoms with van der Waals surface area (Å²) < 4.78 is 12.9. The van der Waals surface area contributed by atoms with E-state index in [4.69, 9.17) is 9.47 Å². The molecule has 0 N–H and O–H groups in total. The maximum atomic E-state index is 13.0. The molecule has 0 bridgehead atoms. The van der Waals surface area contributed by atoms with Gasteiger partial charge in [-0.05, 0) is 43.0 Å². The number of hydrogen-bond donors (Lipinski definition) is 0. The van der Waals surface area contributed by atoms with Crippen LogP contribution in [0.3, 0.4) is 0 Å². The number of nitrogens with zero attached hydrogens (tertiary/aromatic N) is 4. The topological polar surface area (TPSA) is 69.5 Å². The van der Waals surface area contributed by atoms with Crippen LogP contribution in [0.1, 0.15) is 42.6 Å². The molecule has 33 heavy (non-hydrogen) atoms. The van der Waals surface area contributed by atoms with E-state index in [0.717, 1.165) is 35.9 Å². The van der Waals surface area contributed by atoms with E-state index in [0.29, 0.717) is 36.3 Å². The zero-order chi connectivity index (χ0) is 23.2. The van der Waals surface area contributed by atoms with Crippen LogP contribution in [-0.4, -0.2) is 52.1 Å². The molecule has 0 radical (unpaired) electrons. The van der Waals surface area contributed by atoms with Crippen molar-refractivity contribution in [3.8, 4) is 11.5 Å². The molecule has 1 saturated carbocycles. The van der Waals surface area contributed by atoms with Crippen LogP contribution in [0.4, 0.5) is 0 Å². The minimum absolute atomic E-state index is 0.0690. The first-order valence-corrected chi connectivity index (χ1v) is 12.2. The highest BCUT2D eigenvalue weighted by atomic mass is 32.2. The lowest BCUT2D eigenvalue weighted by Crippen LogP contribution is -2.31. The van der Waals surface area contributed by atoms with Crippen LogP contribution >= 0.6 is 11.8 Å². The Morgan fingerprint density at radius 2 is 1.82 bits per heavy atom. The average molecular weight is 467 g/mol. The Morgan fingerprint density at radius 1 is 1.06 bits per heavy atom. The van der Waals surface area contributed by atoms with Crippen LogP contribution in [0.5, 0.6) is 11.5 Å². The first-order chi connectivity index (χ1) is 16.1. The normalized spacial score (nSPS) is 13.1. The summed E-state index contributed by atoms with van der Waals surface area (Å²) >= 11 is 1.46. The number of carbonyl (C=O) groups is 1. The molecule has 4 rings (SSSR count). The minimum Gasteiger partial charge on any atom is -0.493 e. The van der Waals surface area contributed by atoms with Crippen LogP contribution in [0.2, 0.25) is 0 Å². The van der Waals surface area contributed by atoms with Gasteiger partial charge >= 0.3 is 0 Å². The van der Waals surface area contributed by atoms with Gasteiger partial charge in [0, 0.05) is 19.0 Å². The van der Waals surface area contributed by atoms with Crippen molar-refractivity contribution in [3.63, 3.8) is 0 Å². The highest BCUT2D eigenvalue weighted by Crippen LogP contribution is 2.40. The van der Waals surface area contributed by atoms with Gasteiger partial charge in [0.15, 0.2) is 16.7 Å². The number of aromatic nitrogens is 3. The lowest BCUT2D eigenvalue weighted by atomic mass is 10.2. The number of rotatable bonds is 11. The van der Waals surface area contributed by atoms with Gasteiger partial charge in [-0.3, -0.25) is 4.79 Å². The van der Waals surface area contributed by atoms with Crippen molar-refractivity contribution in [2.24, 2.45) is 0 Å². The van der Waals surface area contributed by atoms with Crippen LogP contribution in [-0.2, 0) is 17.9 Å². The van der Waals surface area contributed by atoms with E-state index in [1.54, 1.807) is 14.2 Å². The van der Waals surface area contributed by atoms with Crippen molar-refractivity contribution >= 4 is 17.7 Å². The second-order valence-electron chi connectivity index (χ2n) is 8.07. The molecule has 3 aromatic rings. The van der Waals surface area contributed by atoms with Crippen LogP contribution < -0.4 is 9.47 Å². The predicted octanol–water partition coefficient (Wildman–Crippen LogP) is 4.36. The third-order valence-corrected chi connectivity index (χ3v) is 6.70. The minimum atomic E-state index is 0.0690. The molecule has 0 aliphatic heterocycles. The van der Waals surface area contributed by atoms with Crippen molar-refractivity contribution < 1.29 is 14.3 Å². The molecule has 0 unspecified atom stereocenters. The molecule has 2 aromatic carbocycles. The van der Waals surface area contributed by atoms with E-state index in [2.05, 4.69) is 26.9 Å². The quantitative estimate of drug-likeness (QED) is 0.391. The van der Waals surface area contributed by atoms with Crippen molar-refractivity contribution in [2.75, 3.05) is 26.5 Å². The van der Waals surface area contributed by atoms with Crippen molar-refractivity contribution in [1.82, 2.24) is 19.7 Å². The largest absolute Gasteiger partial charge is 0.493 e. The summed E-state index contributed by atoms with van der Waals surface area (Å²) in [5.74, 6) is 3.25. The third kappa shape index (κ3) is 5.68. The predicted molar refractivity (Wildman–Crippen MR) is 129 cm³/mol. The molecule has 1 aliphatic carbocycles. The fraction of sp³-hybridized carbons (Fsp3) is 0.400. The van der Waals surface area contributed by atoms with Crippen LogP contribution in [0.25, 0.3) is 0 Å². The molecule has 0 atom stereocenters. The number of hydrogen-bond acceptors (Lipinski definition) is 6. The summed E-state index contributed by atoms with van der Waals surface area (Å²) in [6, 6.07) is 16.1. The molecule has 8 heteroatoms. The van der Waals surface area contributed by atoms with Crippen molar-refractivity contribution in [3.05, 3.63) is 65.5 Å². The van der Waals surface area contributed by atoms with Gasteiger partial charge in [-0.2, -0.15) is 0 Å². The lowest BCUT2D eigenvalue weighted by Gasteiger charge is -2.21. The number of amides is 1. The number of methoxy groups -OCH3 is 2. The van der Waals surface area contributed by atoms with Gasteiger partial charge in [0.05, 0.1) is 26.5 Å². The maximum Gasteiger partial charge on any atom is 0.233 e. The third-order valence-electron chi connectivity index (χ3n) is 5.75. The molecule has 1 heterocycles. The molecule has 1 fully saturated rings.